The van der Waals surface area contributed by atoms with Crippen LogP contribution in [0.4, 0.5) is 10.2 Å². The Kier molecular flexibility index (Phi) is 4.71. The number of likely N-dealkylation sites (N-methyl/N-ethyl adjacent to an activating group) is 1. The molecule has 0 spiro atoms. The number of sulfone groups is 1. The Morgan fingerprint density at radius 3 is 2.28 bits per heavy atom. The first-order chi connectivity index (χ1) is 13.8. The van der Waals surface area contributed by atoms with Crippen LogP contribution in [0.15, 0.2) is 58.3 Å². The van der Waals surface area contributed by atoms with Crippen LogP contribution in [0.2, 0.25) is 0 Å². The first-order valence-electron chi connectivity index (χ1n) is 8.99. The lowest BCUT2D eigenvalue weighted by Gasteiger charge is -2.12. The minimum atomic E-state index is -4.03. The topological polar surface area (TPSA) is 94.1 Å². The van der Waals surface area contributed by atoms with Crippen LogP contribution < -0.4 is 5.73 Å². The van der Waals surface area contributed by atoms with E-state index in [0.717, 1.165) is 12.1 Å². The van der Waals surface area contributed by atoms with Crippen LogP contribution in [0.1, 0.15) is 0 Å². The zero-order valence-corrected chi connectivity index (χ0v) is 16.8. The lowest BCUT2D eigenvalue weighted by atomic mass is 10.3. The van der Waals surface area contributed by atoms with Crippen LogP contribution in [0.3, 0.4) is 0 Å². The van der Waals surface area contributed by atoms with Gasteiger partial charge in [-0.1, -0.05) is 12.1 Å². The van der Waals surface area contributed by atoms with Crippen molar-refractivity contribution in [2.45, 2.75) is 16.3 Å². The van der Waals surface area contributed by atoms with Crippen LogP contribution in [0.25, 0.3) is 22.2 Å². The Labute approximate surface area is 167 Å². The molecule has 0 unspecified atom stereocenters. The average molecular weight is 413 g/mol. The number of hydrogen-bond donors (Lipinski definition) is 1. The lowest BCUT2D eigenvalue weighted by molar-refractivity contribution is 0.387. The molecular weight excluding hydrogens is 393 g/mol. The summed E-state index contributed by atoms with van der Waals surface area (Å²) in [6.07, 6.45) is 0. The van der Waals surface area contributed by atoms with Crippen molar-refractivity contribution < 1.29 is 12.8 Å². The number of hydrogen-bond acceptors (Lipinski definition) is 6. The van der Waals surface area contributed by atoms with Crippen molar-refractivity contribution >= 4 is 37.9 Å². The fourth-order valence-electron chi connectivity index (χ4n) is 3.21. The SMILES string of the molecule is CN(C)CCn1c(N)c(S(=O)(=O)c2ccc(F)cc2)c2nc3ccccc3nc21. The van der Waals surface area contributed by atoms with Gasteiger partial charge in [0.25, 0.3) is 0 Å². The summed E-state index contributed by atoms with van der Waals surface area (Å²) in [7, 11) is -0.196. The van der Waals surface area contributed by atoms with Gasteiger partial charge in [0.15, 0.2) is 5.65 Å². The third-order valence-corrected chi connectivity index (χ3v) is 6.54. The minimum absolute atomic E-state index is 0.0489. The van der Waals surface area contributed by atoms with Gasteiger partial charge >= 0.3 is 0 Å². The predicted octanol–water partition coefficient (Wildman–Crippen LogP) is 2.70. The maximum atomic E-state index is 13.4. The number of nitrogens with two attached hydrogens (primary N) is 1. The lowest BCUT2D eigenvalue weighted by Crippen LogP contribution is -2.19. The molecule has 9 heteroatoms. The van der Waals surface area contributed by atoms with E-state index in [1.54, 1.807) is 10.6 Å². The second kappa shape index (κ2) is 7.09. The number of fused-ring (bicyclic) bond motifs is 2. The van der Waals surface area contributed by atoms with E-state index < -0.39 is 15.7 Å². The third kappa shape index (κ3) is 3.32. The molecule has 2 aromatic carbocycles. The van der Waals surface area contributed by atoms with Crippen LogP contribution in [0.5, 0.6) is 0 Å². The summed E-state index contributed by atoms with van der Waals surface area (Å²) in [5.41, 5.74) is 8.17. The molecule has 0 amide bonds. The van der Waals surface area contributed by atoms with E-state index in [-0.39, 0.29) is 21.1 Å². The molecule has 4 rings (SSSR count). The molecule has 0 saturated heterocycles. The highest BCUT2D eigenvalue weighted by molar-refractivity contribution is 7.92. The molecule has 0 aliphatic carbocycles. The number of rotatable bonds is 5. The van der Waals surface area contributed by atoms with E-state index in [9.17, 15) is 12.8 Å². The zero-order valence-electron chi connectivity index (χ0n) is 16.0. The molecule has 0 fully saturated rings. The predicted molar refractivity (Wildman–Crippen MR) is 110 cm³/mol. The number of anilines is 1. The fraction of sp³-hybridized carbons (Fsp3) is 0.200. The van der Waals surface area contributed by atoms with Crippen molar-refractivity contribution in [2.24, 2.45) is 0 Å². The maximum Gasteiger partial charge on any atom is 0.212 e. The monoisotopic (exact) mass is 413 g/mol. The van der Waals surface area contributed by atoms with Gasteiger partial charge in [-0.05, 0) is 50.5 Å². The van der Waals surface area contributed by atoms with E-state index in [4.69, 9.17) is 5.73 Å². The second-order valence-electron chi connectivity index (χ2n) is 7.01. The van der Waals surface area contributed by atoms with Gasteiger partial charge in [-0.15, -0.1) is 0 Å². The molecule has 0 atom stereocenters. The minimum Gasteiger partial charge on any atom is -0.384 e. The van der Waals surface area contributed by atoms with Crippen molar-refractivity contribution in [1.82, 2.24) is 19.4 Å². The van der Waals surface area contributed by atoms with Gasteiger partial charge in [-0.25, -0.2) is 22.8 Å². The summed E-state index contributed by atoms with van der Waals surface area (Å²) in [6, 6.07) is 11.9. The Hall–Kier alpha value is -3.04. The maximum absolute atomic E-state index is 13.4. The number of para-hydroxylation sites is 2. The molecule has 2 N–H and O–H groups in total. The first kappa shape index (κ1) is 19.3. The van der Waals surface area contributed by atoms with Crippen molar-refractivity contribution in [2.75, 3.05) is 26.4 Å². The van der Waals surface area contributed by atoms with E-state index in [0.29, 0.717) is 29.8 Å². The molecule has 0 aliphatic heterocycles. The molecule has 7 nitrogen and oxygen atoms in total. The van der Waals surface area contributed by atoms with Crippen molar-refractivity contribution in [1.29, 1.82) is 0 Å². The van der Waals surface area contributed by atoms with Crippen molar-refractivity contribution in [3.63, 3.8) is 0 Å². The number of aromatic nitrogens is 3. The molecule has 0 saturated carbocycles. The summed E-state index contributed by atoms with van der Waals surface area (Å²) in [5.74, 6) is -0.447. The van der Waals surface area contributed by atoms with Crippen LogP contribution in [-0.2, 0) is 16.4 Å². The number of halogens is 1. The third-order valence-electron chi connectivity index (χ3n) is 4.71. The van der Waals surface area contributed by atoms with E-state index in [1.165, 1.54) is 12.1 Å². The quantitative estimate of drug-likeness (QED) is 0.506. The van der Waals surface area contributed by atoms with E-state index in [2.05, 4.69) is 9.97 Å². The van der Waals surface area contributed by atoms with Gasteiger partial charge in [-0.3, -0.25) is 0 Å². The largest absolute Gasteiger partial charge is 0.384 e. The van der Waals surface area contributed by atoms with Gasteiger partial charge in [0.1, 0.15) is 22.0 Å². The first-order valence-corrected chi connectivity index (χ1v) is 10.5. The fourth-order valence-corrected chi connectivity index (χ4v) is 4.72. The molecule has 0 radical (unpaired) electrons. The van der Waals surface area contributed by atoms with Gasteiger partial charge in [0.05, 0.1) is 15.9 Å². The van der Waals surface area contributed by atoms with Crippen molar-refractivity contribution in [3.05, 3.63) is 54.3 Å². The molecule has 0 aliphatic rings. The van der Waals surface area contributed by atoms with E-state index in [1.807, 2.05) is 37.2 Å². The summed E-state index contributed by atoms with van der Waals surface area (Å²) in [4.78, 5) is 11.0. The van der Waals surface area contributed by atoms with Crippen LogP contribution >= 0.6 is 0 Å². The summed E-state index contributed by atoms with van der Waals surface area (Å²) in [6.45, 7) is 1.08. The van der Waals surface area contributed by atoms with Gasteiger partial charge in [0.2, 0.25) is 9.84 Å². The molecule has 2 heterocycles. The smallest absolute Gasteiger partial charge is 0.212 e. The summed E-state index contributed by atoms with van der Waals surface area (Å²) >= 11 is 0. The normalized spacial score (nSPS) is 12.3. The molecule has 0 bridgehead atoms. The number of nitrogen functional groups attached to an aromatic ring is 1. The number of benzene rings is 2. The zero-order chi connectivity index (χ0) is 20.8. The molecular formula is C20H20FN5O2S. The Bertz CT molecular complexity index is 1310. The van der Waals surface area contributed by atoms with E-state index >= 15 is 0 Å². The van der Waals surface area contributed by atoms with Gasteiger partial charge < -0.3 is 15.2 Å². The Morgan fingerprint density at radius 1 is 1.03 bits per heavy atom. The Balaban J connectivity index is 2.03. The summed E-state index contributed by atoms with van der Waals surface area (Å²) < 4.78 is 41.7. The Morgan fingerprint density at radius 2 is 1.66 bits per heavy atom. The second-order valence-corrected chi connectivity index (χ2v) is 8.90. The summed E-state index contributed by atoms with van der Waals surface area (Å²) in [5, 5.41) is 0. The number of nitrogens with zero attached hydrogens (tertiary/aromatic N) is 4. The highest BCUT2D eigenvalue weighted by Gasteiger charge is 2.30. The molecule has 4 aromatic rings. The standard InChI is InChI=1S/C20H20FN5O2S/c1-25(2)11-12-26-19(22)18(29(27,28)14-9-7-13(21)8-10-14)17-20(26)24-16-6-4-3-5-15(16)23-17/h3-10H,11-12,22H2,1-2H3. The van der Waals surface area contributed by atoms with Crippen LogP contribution in [0, 0.1) is 5.82 Å². The van der Waals surface area contributed by atoms with Crippen molar-refractivity contribution in [3.8, 4) is 0 Å². The van der Waals surface area contributed by atoms with Gasteiger partial charge in [0, 0.05) is 13.1 Å². The molecule has 2 aromatic heterocycles. The molecule has 150 valence electrons. The van der Waals surface area contributed by atoms with Crippen LogP contribution in [-0.4, -0.2) is 48.5 Å². The highest BCUT2D eigenvalue weighted by Crippen LogP contribution is 2.35. The molecule has 29 heavy (non-hydrogen) atoms. The van der Waals surface area contributed by atoms with Gasteiger partial charge in [-0.2, -0.15) is 0 Å². The highest BCUT2D eigenvalue weighted by atomic mass is 32.2. The average Bonchev–Trinajstić information content (AvgIpc) is 2.95.